The van der Waals surface area contributed by atoms with Gasteiger partial charge in [0.15, 0.2) is 11.6 Å². The van der Waals surface area contributed by atoms with Crippen LogP contribution in [0.4, 0.5) is 13.2 Å². The number of benzene rings is 3. The summed E-state index contributed by atoms with van der Waals surface area (Å²) in [5, 5.41) is 0. The molecular weight excluding hydrogens is 457 g/mol. The van der Waals surface area contributed by atoms with Crippen LogP contribution in [0.1, 0.15) is 74.5 Å². The quantitative estimate of drug-likeness (QED) is 0.256. The molecule has 1 nitrogen and oxygen atoms in total. The van der Waals surface area contributed by atoms with E-state index < -0.39 is 17.5 Å². The van der Waals surface area contributed by atoms with Crippen LogP contribution in [0, 0.1) is 23.4 Å². The van der Waals surface area contributed by atoms with Gasteiger partial charge in [-0.15, -0.1) is 0 Å². The third kappa shape index (κ3) is 6.21. The van der Waals surface area contributed by atoms with Crippen LogP contribution < -0.4 is 4.74 Å². The zero-order valence-electron chi connectivity index (χ0n) is 21.0. The van der Waals surface area contributed by atoms with E-state index in [-0.39, 0.29) is 16.9 Å². The minimum atomic E-state index is -1.08. The fraction of sp³-hybridized carbons (Fsp3) is 0.375. The molecule has 0 radical (unpaired) electrons. The Bertz CT molecular complexity index is 1160. The zero-order chi connectivity index (χ0) is 25.5. The van der Waals surface area contributed by atoms with E-state index in [2.05, 4.69) is 30.8 Å². The van der Waals surface area contributed by atoms with Crippen LogP contribution in [0.5, 0.6) is 5.75 Å². The Morgan fingerprint density at radius 1 is 0.889 bits per heavy atom. The van der Waals surface area contributed by atoms with Gasteiger partial charge >= 0.3 is 0 Å². The largest absolute Gasteiger partial charge is 0.490 e. The molecule has 0 amide bonds. The highest BCUT2D eigenvalue weighted by Crippen LogP contribution is 2.38. The Balaban J connectivity index is 1.33. The Morgan fingerprint density at radius 3 is 2.28 bits per heavy atom. The molecule has 4 heteroatoms. The molecule has 3 aromatic carbocycles. The van der Waals surface area contributed by atoms with Crippen LogP contribution >= 0.6 is 0 Å². The number of aryl methyl sites for hydroxylation is 1. The van der Waals surface area contributed by atoms with E-state index in [4.69, 9.17) is 4.74 Å². The van der Waals surface area contributed by atoms with E-state index in [0.29, 0.717) is 18.4 Å². The lowest BCUT2D eigenvalue weighted by atomic mass is 9.77. The molecule has 0 atom stereocenters. The standard InChI is InChI=1S/C32H35F3O/c1-3-5-20-36-30-19-18-28(31(34)32(30)35)27-17-12-24(21-29(27)33)7-6-23-10-15-26(16-11-23)25-13-8-22(4-2)9-14-25/h4,8-9,12-14,17-19,21,23,26H,2-3,5-7,10-11,15-16,20H2,1H3. The van der Waals surface area contributed by atoms with Crippen LogP contribution in [0.25, 0.3) is 17.2 Å². The van der Waals surface area contributed by atoms with Crippen molar-refractivity contribution in [1.29, 1.82) is 0 Å². The summed E-state index contributed by atoms with van der Waals surface area (Å²) in [6.45, 7) is 6.13. The van der Waals surface area contributed by atoms with Gasteiger partial charge in [0, 0.05) is 11.1 Å². The van der Waals surface area contributed by atoms with Crippen LogP contribution in [0.3, 0.4) is 0 Å². The summed E-state index contributed by atoms with van der Waals surface area (Å²) in [4.78, 5) is 0. The fourth-order valence-corrected chi connectivity index (χ4v) is 5.17. The van der Waals surface area contributed by atoms with Crippen molar-refractivity contribution in [3.8, 4) is 16.9 Å². The molecule has 0 saturated heterocycles. The summed E-state index contributed by atoms with van der Waals surface area (Å²) in [5.41, 5.74) is 3.42. The smallest absolute Gasteiger partial charge is 0.201 e. The number of rotatable bonds is 10. The maximum Gasteiger partial charge on any atom is 0.201 e. The summed E-state index contributed by atoms with van der Waals surface area (Å²) in [6, 6.07) is 16.3. The molecule has 1 aliphatic carbocycles. The molecule has 0 bridgehead atoms. The van der Waals surface area contributed by atoms with Gasteiger partial charge in [0.2, 0.25) is 5.82 Å². The Labute approximate surface area is 213 Å². The van der Waals surface area contributed by atoms with Gasteiger partial charge < -0.3 is 4.74 Å². The predicted octanol–water partition coefficient (Wildman–Crippen LogP) is 9.50. The van der Waals surface area contributed by atoms with E-state index in [1.54, 1.807) is 6.07 Å². The summed E-state index contributed by atoms with van der Waals surface area (Å²) < 4.78 is 49.4. The van der Waals surface area contributed by atoms with Gasteiger partial charge in [-0.1, -0.05) is 62.4 Å². The van der Waals surface area contributed by atoms with Crippen molar-refractivity contribution in [3.05, 3.63) is 95.3 Å². The van der Waals surface area contributed by atoms with Crippen LogP contribution in [0.15, 0.2) is 61.2 Å². The highest BCUT2D eigenvalue weighted by atomic mass is 19.2. The Morgan fingerprint density at radius 2 is 1.61 bits per heavy atom. The first-order valence-electron chi connectivity index (χ1n) is 13.1. The molecule has 0 unspecified atom stereocenters. The molecule has 1 fully saturated rings. The van der Waals surface area contributed by atoms with Gasteiger partial charge in [-0.2, -0.15) is 4.39 Å². The summed E-state index contributed by atoms with van der Waals surface area (Å²) in [7, 11) is 0. The summed E-state index contributed by atoms with van der Waals surface area (Å²) in [5.74, 6) is -1.58. The second-order valence-corrected chi connectivity index (χ2v) is 9.88. The second kappa shape index (κ2) is 12.3. The predicted molar refractivity (Wildman–Crippen MR) is 142 cm³/mol. The van der Waals surface area contributed by atoms with Gasteiger partial charge in [0.05, 0.1) is 6.61 Å². The summed E-state index contributed by atoms with van der Waals surface area (Å²) in [6.07, 6.45) is 10.00. The SMILES string of the molecule is C=Cc1ccc(C2CCC(CCc3ccc(-c4ccc(OCCCC)c(F)c4F)c(F)c3)CC2)cc1. The van der Waals surface area contributed by atoms with Gasteiger partial charge in [-0.25, -0.2) is 8.78 Å². The van der Waals surface area contributed by atoms with Gasteiger partial charge in [0.25, 0.3) is 0 Å². The number of hydrogen-bond donors (Lipinski definition) is 0. The Kier molecular flexibility index (Phi) is 8.90. The van der Waals surface area contributed by atoms with Crippen molar-refractivity contribution >= 4 is 6.08 Å². The first-order chi connectivity index (χ1) is 17.5. The molecule has 3 aromatic rings. The first-order valence-corrected chi connectivity index (χ1v) is 13.1. The average Bonchev–Trinajstić information content (AvgIpc) is 2.91. The van der Waals surface area contributed by atoms with E-state index in [9.17, 15) is 13.2 Å². The van der Waals surface area contributed by atoms with Crippen molar-refractivity contribution in [2.24, 2.45) is 5.92 Å². The van der Waals surface area contributed by atoms with Crippen LogP contribution in [-0.2, 0) is 6.42 Å². The molecule has 0 spiro atoms. The van der Waals surface area contributed by atoms with Gasteiger partial charge in [-0.3, -0.25) is 0 Å². The van der Waals surface area contributed by atoms with E-state index in [1.165, 1.54) is 49.4 Å². The number of ether oxygens (including phenoxy) is 1. The molecular formula is C32H35F3O. The van der Waals surface area contributed by atoms with E-state index in [1.807, 2.05) is 19.1 Å². The number of halogens is 3. The average molecular weight is 493 g/mol. The van der Waals surface area contributed by atoms with Crippen LogP contribution in [0.2, 0.25) is 0 Å². The Hall–Kier alpha value is -3.01. The van der Waals surface area contributed by atoms with Gasteiger partial charge in [-0.05, 0) is 91.7 Å². The van der Waals surface area contributed by atoms with Crippen molar-refractivity contribution < 1.29 is 17.9 Å². The van der Waals surface area contributed by atoms with Crippen molar-refractivity contribution in [2.75, 3.05) is 6.61 Å². The maximum atomic E-state index is 14.9. The maximum absolute atomic E-state index is 14.9. The zero-order valence-corrected chi connectivity index (χ0v) is 21.0. The highest BCUT2D eigenvalue weighted by molar-refractivity contribution is 5.66. The minimum absolute atomic E-state index is 0.0678. The minimum Gasteiger partial charge on any atom is -0.490 e. The topological polar surface area (TPSA) is 9.23 Å². The van der Waals surface area contributed by atoms with Crippen molar-refractivity contribution in [1.82, 2.24) is 0 Å². The van der Waals surface area contributed by atoms with E-state index >= 15 is 0 Å². The molecule has 190 valence electrons. The van der Waals surface area contributed by atoms with Crippen molar-refractivity contribution in [3.63, 3.8) is 0 Å². The lowest BCUT2D eigenvalue weighted by Gasteiger charge is -2.29. The number of hydrogen-bond acceptors (Lipinski definition) is 1. The van der Waals surface area contributed by atoms with Crippen LogP contribution in [-0.4, -0.2) is 6.61 Å². The third-order valence-corrected chi connectivity index (χ3v) is 7.46. The lowest BCUT2D eigenvalue weighted by Crippen LogP contribution is -2.14. The van der Waals surface area contributed by atoms with Gasteiger partial charge in [0.1, 0.15) is 5.82 Å². The normalized spacial score (nSPS) is 17.7. The van der Waals surface area contributed by atoms with E-state index in [0.717, 1.165) is 36.8 Å². The molecule has 1 aliphatic rings. The molecule has 0 aliphatic heterocycles. The van der Waals surface area contributed by atoms with Crippen molar-refractivity contribution in [2.45, 2.75) is 64.2 Å². The fourth-order valence-electron chi connectivity index (χ4n) is 5.17. The molecule has 1 saturated carbocycles. The molecule has 4 rings (SSSR count). The molecule has 0 N–H and O–H groups in total. The molecule has 0 aromatic heterocycles. The molecule has 36 heavy (non-hydrogen) atoms. The summed E-state index contributed by atoms with van der Waals surface area (Å²) >= 11 is 0. The second-order valence-electron chi connectivity index (χ2n) is 9.88. The highest BCUT2D eigenvalue weighted by Gasteiger charge is 2.23. The lowest BCUT2D eigenvalue weighted by molar-refractivity contribution is 0.289. The third-order valence-electron chi connectivity index (χ3n) is 7.46. The molecule has 0 heterocycles. The first kappa shape index (κ1) is 26.1. The monoisotopic (exact) mass is 492 g/mol. The number of unbranched alkanes of at least 4 members (excludes halogenated alkanes) is 1.